The number of hydrogen-bond acceptors (Lipinski definition) is 2. The highest BCUT2D eigenvalue weighted by Gasteiger charge is 2.26. The third-order valence-electron chi connectivity index (χ3n) is 4.16. The lowest BCUT2D eigenvalue weighted by atomic mass is 9.78. The number of carboxylic acid groups (broad SMARTS) is 1. The van der Waals surface area contributed by atoms with Gasteiger partial charge in [-0.1, -0.05) is 31.2 Å². The Balaban J connectivity index is 2.17. The number of benzene rings is 1. The number of rotatable bonds is 5. The van der Waals surface area contributed by atoms with Crippen LogP contribution in [0.4, 0.5) is 0 Å². The Hall–Kier alpha value is -1.35. The molecule has 1 heterocycles. The van der Waals surface area contributed by atoms with Gasteiger partial charge in [-0.05, 0) is 55.3 Å². The number of piperidine rings is 1. The molecule has 3 nitrogen and oxygen atoms in total. The molecule has 0 radical (unpaired) electrons. The molecule has 2 N–H and O–H groups in total. The summed E-state index contributed by atoms with van der Waals surface area (Å²) >= 11 is 0. The Bertz CT molecular complexity index is 407. The second kappa shape index (κ2) is 6.71. The Kier molecular flexibility index (Phi) is 4.97. The van der Waals surface area contributed by atoms with Crippen LogP contribution in [0.1, 0.15) is 43.2 Å². The second-order valence-corrected chi connectivity index (χ2v) is 5.39. The van der Waals surface area contributed by atoms with Gasteiger partial charge in [0.25, 0.3) is 0 Å². The van der Waals surface area contributed by atoms with Gasteiger partial charge in [-0.2, -0.15) is 0 Å². The number of carbonyl (C=O) groups is 1. The summed E-state index contributed by atoms with van der Waals surface area (Å²) in [4.78, 5) is 11.1. The van der Waals surface area contributed by atoms with E-state index in [9.17, 15) is 4.79 Å². The van der Waals surface area contributed by atoms with Crippen LogP contribution in [0.25, 0.3) is 0 Å². The Morgan fingerprint density at radius 3 is 2.47 bits per heavy atom. The van der Waals surface area contributed by atoms with Crippen LogP contribution in [0.5, 0.6) is 0 Å². The molecule has 1 atom stereocenters. The third kappa shape index (κ3) is 3.80. The quantitative estimate of drug-likeness (QED) is 0.857. The first kappa shape index (κ1) is 14.1. The van der Waals surface area contributed by atoms with Gasteiger partial charge in [0.2, 0.25) is 0 Å². The minimum atomic E-state index is -0.692. The zero-order chi connectivity index (χ0) is 13.7. The molecule has 1 saturated heterocycles. The zero-order valence-electron chi connectivity index (χ0n) is 11.6. The molecular weight excluding hydrogens is 238 g/mol. The van der Waals surface area contributed by atoms with E-state index in [0.29, 0.717) is 5.92 Å². The molecule has 1 unspecified atom stereocenters. The number of aliphatic carboxylic acids is 1. The fourth-order valence-electron chi connectivity index (χ4n) is 2.99. The van der Waals surface area contributed by atoms with Crippen LogP contribution >= 0.6 is 0 Å². The van der Waals surface area contributed by atoms with Crippen LogP contribution in [0.3, 0.4) is 0 Å². The summed E-state index contributed by atoms with van der Waals surface area (Å²) in [6.07, 6.45) is 3.42. The SMILES string of the molecule is CCc1ccc(C(CC(=O)O)C2CCNCC2)cc1. The van der Waals surface area contributed by atoms with Gasteiger partial charge in [-0.15, -0.1) is 0 Å². The summed E-state index contributed by atoms with van der Waals surface area (Å²) < 4.78 is 0. The maximum absolute atomic E-state index is 11.1. The van der Waals surface area contributed by atoms with Gasteiger partial charge < -0.3 is 10.4 Å². The highest BCUT2D eigenvalue weighted by molar-refractivity contribution is 5.68. The largest absolute Gasteiger partial charge is 0.481 e. The van der Waals surface area contributed by atoms with E-state index >= 15 is 0 Å². The molecule has 0 amide bonds. The van der Waals surface area contributed by atoms with E-state index in [4.69, 9.17) is 5.11 Å². The van der Waals surface area contributed by atoms with Crippen molar-refractivity contribution in [3.05, 3.63) is 35.4 Å². The summed E-state index contributed by atoms with van der Waals surface area (Å²) in [6, 6.07) is 8.50. The van der Waals surface area contributed by atoms with E-state index in [0.717, 1.165) is 32.4 Å². The molecule has 1 aromatic rings. The monoisotopic (exact) mass is 261 g/mol. The van der Waals surface area contributed by atoms with Crippen LogP contribution in [-0.4, -0.2) is 24.2 Å². The van der Waals surface area contributed by atoms with E-state index in [1.54, 1.807) is 0 Å². The molecule has 0 bridgehead atoms. The molecule has 1 aliphatic rings. The molecule has 1 fully saturated rings. The first-order valence-electron chi connectivity index (χ1n) is 7.22. The van der Waals surface area contributed by atoms with E-state index in [1.165, 1.54) is 11.1 Å². The molecule has 0 aliphatic carbocycles. The van der Waals surface area contributed by atoms with Gasteiger partial charge in [-0.3, -0.25) is 4.79 Å². The van der Waals surface area contributed by atoms with Crippen molar-refractivity contribution in [2.45, 2.75) is 38.5 Å². The molecule has 0 spiro atoms. The van der Waals surface area contributed by atoms with E-state index in [1.807, 2.05) is 0 Å². The average molecular weight is 261 g/mol. The minimum absolute atomic E-state index is 0.158. The first-order valence-corrected chi connectivity index (χ1v) is 7.22. The number of aryl methyl sites for hydroxylation is 1. The van der Waals surface area contributed by atoms with Crippen LogP contribution in [0, 0.1) is 5.92 Å². The van der Waals surface area contributed by atoms with Crippen molar-refractivity contribution in [2.24, 2.45) is 5.92 Å². The van der Waals surface area contributed by atoms with E-state index in [-0.39, 0.29) is 12.3 Å². The first-order chi connectivity index (χ1) is 9.20. The van der Waals surface area contributed by atoms with Gasteiger partial charge in [-0.25, -0.2) is 0 Å². The lowest BCUT2D eigenvalue weighted by Gasteiger charge is -2.30. The summed E-state index contributed by atoms with van der Waals surface area (Å²) in [5.74, 6) is -0.0431. The third-order valence-corrected chi connectivity index (χ3v) is 4.16. The summed E-state index contributed by atoms with van der Waals surface area (Å²) in [5.41, 5.74) is 2.50. The van der Waals surface area contributed by atoms with Gasteiger partial charge in [0.05, 0.1) is 6.42 Å². The van der Waals surface area contributed by atoms with Gasteiger partial charge >= 0.3 is 5.97 Å². The molecule has 3 heteroatoms. The number of nitrogens with one attached hydrogen (secondary N) is 1. The standard InChI is InChI=1S/C16H23NO2/c1-2-12-3-5-13(6-4-12)15(11-16(18)19)14-7-9-17-10-8-14/h3-6,14-15,17H,2,7-11H2,1H3,(H,18,19). The van der Waals surface area contributed by atoms with Crippen molar-refractivity contribution < 1.29 is 9.90 Å². The molecule has 0 aromatic heterocycles. The maximum Gasteiger partial charge on any atom is 0.303 e. The molecule has 2 rings (SSSR count). The maximum atomic E-state index is 11.1. The lowest BCUT2D eigenvalue weighted by molar-refractivity contribution is -0.137. The van der Waals surface area contributed by atoms with E-state index in [2.05, 4.69) is 36.5 Å². The van der Waals surface area contributed by atoms with E-state index < -0.39 is 5.97 Å². The van der Waals surface area contributed by atoms with Crippen molar-refractivity contribution >= 4 is 5.97 Å². The van der Waals surface area contributed by atoms with Crippen LogP contribution in [0.15, 0.2) is 24.3 Å². The molecule has 19 heavy (non-hydrogen) atoms. The summed E-state index contributed by atoms with van der Waals surface area (Å²) in [7, 11) is 0. The van der Waals surface area contributed by atoms with Crippen LogP contribution in [-0.2, 0) is 11.2 Å². The topological polar surface area (TPSA) is 49.3 Å². The second-order valence-electron chi connectivity index (χ2n) is 5.39. The number of hydrogen-bond donors (Lipinski definition) is 2. The highest BCUT2D eigenvalue weighted by Crippen LogP contribution is 2.34. The Morgan fingerprint density at radius 2 is 1.95 bits per heavy atom. The molecular formula is C16H23NO2. The Morgan fingerprint density at radius 1 is 1.32 bits per heavy atom. The molecule has 1 aromatic carbocycles. The Labute approximate surface area is 115 Å². The van der Waals surface area contributed by atoms with Crippen LogP contribution < -0.4 is 5.32 Å². The van der Waals surface area contributed by atoms with Gasteiger partial charge in [0.1, 0.15) is 0 Å². The van der Waals surface area contributed by atoms with Crippen LogP contribution in [0.2, 0.25) is 0 Å². The fraction of sp³-hybridized carbons (Fsp3) is 0.562. The predicted molar refractivity (Wildman–Crippen MR) is 76.4 cm³/mol. The van der Waals surface area contributed by atoms with Crippen molar-refractivity contribution in [3.8, 4) is 0 Å². The fourth-order valence-corrected chi connectivity index (χ4v) is 2.99. The smallest absolute Gasteiger partial charge is 0.303 e. The zero-order valence-corrected chi connectivity index (χ0v) is 11.6. The summed E-state index contributed by atoms with van der Waals surface area (Å²) in [5, 5.41) is 12.5. The molecule has 1 aliphatic heterocycles. The highest BCUT2D eigenvalue weighted by atomic mass is 16.4. The predicted octanol–water partition coefficient (Wildman–Crippen LogP) is 2.81. The normalized spacial score (nSPS) is 18.2. The van der Waals surface area contributed by atoms with Crippen molar-refractivity contribution in [3.63, 3.8) is 0 Å². The minimum Gasteiger partial charge on any atom is -0.481 e. The van der Waals surface area contributed by atoms with Crippen molar-refractivity contribution in [2.75, 3.05) is 13.1 Å². The number of carboxylic acids is 1. The summed E-state index contributed by atoms with van der Waals surface area (Å²) in [6.45, 7) is 4.15. The lowest BCUT2D eigenvalue weighted by Crippen LogP contribution is -2.31. The average Bonchev–Trinajstić information content (AvgIpc) is 2.46. The van der Waals surface area contributed by atoms with Crippen molar-refractivity contribution in [1.82, 2.24) is 5.32 Å². The van der Waals surface area contributed by atoms with Crippen molar-refractivity contribution in [1.29, 1.82) is 0 Å². The van der Waals surface area contributed by atoms with Gasteiger partial charge in [0, 0.05) is 0 Å². The molecule has 104 valence electrons. The molecule has 0 saturated carbocycles. The van der Waals surface area contributed by atoms with Gasteiger partial charge in [0.15, 0.2) is 0 Å².